The van der Waals surface area contributed by atoms with Crippen LogP contribution in [0.1, 0.15) is 17.5 Å². The van der Waals surface area contributed by atoms with Crippen molar-refractivity contribution in [3.05, 3.63) is 71.8 Å². The van der Waals surface area contributed by atoms with Crippen LogP contribution >= 0.6 is 23.2 Å². The minimum Gasteiger partial charge on any atom is -0.126 e. The highest BCUT2D eigenvalue weighted by Gasteiger charge is 2.08. The minimum atomic E-state index is 0.563. The van der Waals surface area contributed by atoms with Crippen LogP contribution in [-0.4, -0.2) is 5.88 Å². The molecule has 2 aromatic rings. The summed E-state index contributed by atoms with van der Waals surface area (Å²) in [5.41, 5.74) is 3.26. The summed E-state index contributed by atoms with van der Waals surface area (Å²) in [5, 5.41) is 0.780. The average molecular weight is 277 g/mol. The summed E-state index contributed by atoms with van der Waals surface area (Å²) >= 11 is 12.4. The van der Waals surface area contributed by atoms with Crippen molar-refractivity contribution in [1.29, 1.82) is 0 Å². The number of halogens is 2. The molecule has 0 atom stereocenters. The van der Waals surface area contributed by atoms with Gasteiger partial charge in [-0.25, -0.2) is 0 Å². The third-order valence-electron chi connectivity index (χ3n) is 2.76. The molecule has 0 aliphatic heterocycles. The summed E-state index contributed by atoms with van der Waals surface area (Å²) in [6.45, 7) is 0. The molecule has 0 saturated heterocycles. The van der Waals surface area contributed by atoms with Gasteiger partial charge in [0.25, 0.3) is 0 Å². The van der Waals surface area contributed by atoms with Crippen molar-refractivity contribution in [1.82, 2.24) is 0 Å². The van der Waals surface area contributed by atoms with Gasteiger partial charge < -0.3 is 0 Å². The minimum absolute atomic E-state index is 0.563. The Labute approximate surface area is 118 Å². The number of hydrogen-bond acceptors (Lipinski definition) is 0. The van der Waals surface area contributed by atoms with Crippen LogP contribution in [0.5, 0.6) is 0 Å². The zero-order valence-electron chi connectivity index (χ0n) is 9.94. The topological polar surface area (TPSA) is 0 Å². The lowest BCUT2D eigenvalue weighted by atomic mass is 10.0. The van der Waals surface area contributed by atoms with Crippen LogP contribution in [0, 0.1) is 0 Å². The van der Waals surface area contributed by atoms with Gasteiger partial charge in [0.05, 0.1) is 5.03 Å². The van der Waals surface area contributed by atoms with E-state index in [4.69, 9.17) is 23.2 Å². The second kappa shape index (κ2) is 6.63. The van der Waals surface area contributed by atoms with E-state index in [9.17, 15) is 0 Å². The molecule has 0 amide bonds. The fourth-order valence-electron chi connectivity index (χ4n) is 1.87. The van der Waals surface area contributed by atoms with Crippen LogP contribution < -0.4 is 0 Å². The molecule has 2 aromatic carbocycles. The van der Waals surface area contributed by atoms with Crippen LogP contribution in [0.4, 0.5) is 0 Å². The summed E-state index contributed by atoms with van der Waals surface area (Å²) in [6, 6.07) is 20.1. The molecule has 0 aliphatic carbocycles. The molecule has 0 radical (unpaired) electrons. The molecular formula is C16H14Cl2. The van der Waals surface area contributed by atoms with Gasteiger partial charge >= 0.3 is 0 Å². The zero-order valence-corrected chi connectivity index (χ0v) is 11.5. The standard InChI is InChI=1S/C16H14Cl2/c17-12-11-15(13-7-3-1-4-8-13)16(18)14-9-5-2-6-10-14/h1-10H,11-12H2/b16-15-. The second-order valence-corrected chi connectivity index (χ2v) is 4.72. The Bertz CT molecular complexity index is 515. The highest BCUT2D eigenvalue weighted by molar-refractivity contribution is 6.52. The maximum Gasteiger partial charge on any atom is 0.0516 e. The largest absolute Gasteiger partial charge is 0.126 e. The van der Waals surface area contributed by atoms with Gasteiger partial charge in [0.1, 0.15) is 0 Å². The van der Waals surface area contributed by atoms with E-state index in [0.717, 1.165) is 28.2 Å². The van der Waals surface area contributed by atoms with Crippen LogP contribution in [0.2, 0.25) is 0 Å². The van der Waals surface area contributed by atoms with E-state index in [1.165, 1.54) is 0 Å². The Balaban J connectivity index is 2.47. The predicted octanol–water partition coefficient (Wildman–Crippen LogP) is 5.42. The molecule has 0 N–H and O–H groups in total. The zero-order chi connectivity index (χ0) is 12.8. The van der Waals surface area contributed by atoms with Crippen molar-refractivity contribution in [2.24, 2.45) is 0 Å². The number of rotatable bonds is 4. The maximum absolute atomic E-state index is 6.51. The SMILES string of the molecule is ClCC/C(=C(/Cl)c1ccccc1)c1ccccc1. The van der Waals surface area contributed by atoms with Crippen molar-refractivity contribution < 1.29 is 0 Å². The molecule has 92 valence electrons. The molecule has 2 rings (SSSR count). The van der Waals surface area contributed by atoms with Gasteiger partial charge in [-0.3, -0.25) is 0 Å². The molecule has 0 spiro atoms. The quantitative estimate of drug-likeness (QED) is 0.517. The second-order valence-electron chi connectivity index (χ2n) is 3.96. The molecule has 2 heteroatoms. The Kier molecular flexibility index (Phi) is 4.86. The van der Waals surface area contributed by atoms with Gasteiger partial charge in [0.15, 0.2) is 0 Å². The summed E-state index contributed by atoms with van der Waals surface area (Å²) in [4.78, 5) is 0. The number of alkyl halides is 1. The van der Waals surface area contributed by atoms with Gasteiger partial charge in [-0.2, -0.15) is 0 Å². The molecule has 0 aliphatic rings. The molecule has 0 fully saturated rings. The van der Waals surface area contributed by atoms with Gasteiger partial charge in [-0.15, -0.1) is 11.6 Å². The van der Waals surface area contributed by atoms with Crippen LogP contribution in [0.25, 0.3) is 10.6 Å². The van der Waals surface area contributed by atoms with E-state index in [-0.39, 0.29) is 0 Å². The Morgan fingerprint density at radius 2 is 1.28 bits per heavy atom. The van der Waals surface area contributed by atoms with Crippen LogP contribution in [0.3, 0.4) is 0 Å². The lowest BCUT2D eigenvalue weighted by Gasteiger charge is -2.10. The fraction of sp³-hybridized carbons (Fsp3) is 0.125. The Hall–Kier alpha value is -1.24. The highest BCUT2D eigenvalue weighted by atomic mass is 35.5. The van der Waals surface area contributed by atoms with E-state index in [1.54, 1.807) is 0 Å². The maximum atomic E-state index is 6.51. The molecule has 0 aromatic heterocycles. The van der Waals surface area contributed by atoms with E-state index in [1.807, 2.05) is 48.5 Å². The lowest BCUT2D eigenvalue weighted by molar-refractivity contribution is 1.25. The first-order chi connectivity index (χ1) is 8.83. The average Bonchev–Trinajstić information content (AvgIpc) is 2.46. The highest BCUT2D eigenvalue weighted by Crippen LogP contribution is 2.32. The number of hydrogen-bond donors (Lipinski definition) is 0. The number of benzene rings is 2. The van der Waals surface area contributed by atoms with E-state index < -0.39 is 0 Å². The number of allylic oxidation sites excluding steroid dienone is 1. The van der Waals surface area contributed by atoms with E-state index in [0.29, 0.717) is 5.88 Å². The molecule has 0 bridgehead atoms. The van der Waals surface area contributed by atoms with Crippen molar-refractivity contribution in [3.63, 3.8) is 0 Å². The van der Waals surface area contributed by atoms with Gasteiger partial charge in [-0.05, 0) is 23.1 Å². The molecule has 0 heterocycles. The first kappa shape index (κ1) is 13.2. The first-order valence-electron chi connectivity index (χ1n) is 5.88. The van der Waals surface area contributed by atoms with Gasteiger partial charge in [-0.1, -0.05) is 72.3 Å². The molecule has 0 unspecified atom stereocenters. The van der Waals surface area contributed by atoms with Crippen molar-refractivity contribution in [3.8, 4) is 0 Å². The summed E-state index contributed by atoms with van der Waals surface area (Å²) in [7, 11) is 0. The van der Waals surface area contributed by atoms with E-state index in [2.05, 4.69) is 12.1 Å². The normalized spacial score (nSPS) is 12.1. The Morgan fingerprint density at radius 1 is 0.778 bits per heavy atom. The molecule has 18 heavy (non-hydrogen) atoms. The summed E-state index contributed by atoms with van der Waals surface area (Å²) < 4.78 is 0. The third kappa shape index (κ3) is 3.16. The predicted molar refractivity (Wildman–Crippen MR) is 80.9 cm³/mol. The van der Waals surface area contributed by atoms with E-state index >= 15 is 0 Å². The monoisotopic (exact) mass is 276 g/mol. The first-order valence-corrected chi connectivity index (χ1v) is 6.79. The molecule has 0 nitrogen and oxygen atoms in total. The lowest BCUT2D eigenvalue weighted by Crippen LogP contribution is -1.90. The van der Waals surface area contributed by atoms with Crippen LogP contribution in [0.15, 0.2) is 60.7 Å². The summed E-state index contributed by atoms with van der Waals surface area (Å²) in [5.74, 6) is 0.563. The van der Waals surface area contributed by atoms with Crippen molar-refractivity contribution in [2.45, 2.75) is 6.42 Å². The van der Waals surface area contributed by atoms with Gasteiger partial charge in [0, 0.05) is 5.88 Å². The van der Waals surface area contributed by atoms with Crippen molar-refractivity contribution >= 4 is 33.8 Å². The molecule has 0 saturated carbocycles. The van der Waals surface area contributed by atoms with Gasteiger partial charge in [0.2, 0.25) is 0 Å². The van der Waals surface area contributed by atoms with Crippen LogP contribution in [-0.2, 0) is 0 Å². The smallest absolute Gasteiger partial charge is 0.0516 e. The Morgan fingerprint density at radius 3 is 1.78 bits per heavy atom. The molecular weight excluding hydrogens is 263 g/mol. The van der Waals surface area contributed by atoms with Crippen molar-refractivity contribution in [2.75, 3.05) is 5.88 Å². The summed E-state index contributed by atoms with van der Waals surface area (Å²) in [6.07, 6.45) is 0.763. The fourth-order valence-corrected chi connectivity index (χ4v) is 2.39. The third-order valence-corrected chi connectivity index (χ3v) is 3.39.